The number of nitrogens with zero attached hydrogens (tertiary/aromatic N) is 1. The SMILES string of the molecule is CC1CCCC1n1c(=S)[nH]c2cc(F)c(F)cc21. The second-order valence-corrected chi connectivity index (χ2v) is 5.45. The van der Waals surface area contributed by atoms with Crippen LogP contribution in [0, 0.1) is 22.3 Å². The molecular formula is C13H14F2N2S. The van der Waals surface area contributed by atoms with Gasteiger partial charge in [-0.25, -0.2) is 8.78 Å². The number of halogens is 2. The zero-order valence-corrected chi connectivity index (χ0v) is 10.9. The lowest BCUT2D eigenvalue weighted by molar-refractivity contribution is 0.412. The minimum atomic E-state index is -0.842. The van der Waals surface area contributed by atoms with Crippen molar-refractivity contribution < 1.29 is 8.78 Å². The summed E-state index contributed by atoms with van der Waals surface area (Å²) >= 11 is 5.29. The highest BCUT2D eigenvalue weighted by Crippen LogP contribution is 2.37. The molecule has 1 fully saturated rings. The van der Waals surface area contributed by atoms with Gasteiger partial charge in [0.05, 0.1) is 11.0 Å². The fraction of sp³-hybridized carbons (Fsp3) is 0.462. The monoisotopic (exact) mass is 268 g/mol. The Hall–Kier alpha value is -1.23. The molecule has 2 nitrogen and oxygen atoms in total. The van der Waals surface area contributed by atoms with Gasteiger partial charge in [0.2, 0.25) is 0 Å². The zero-order valence-electron chi connectivity index (χ0n) is 10.0. The van der Waals surface area contributed by atoms with Crippen LogP contribution in [-0.2, 0) is 0 Å². The van der Waals surface area contributed by atoms with Gasteiger partial charge >= 0.3 is 0 Å². The van der Waals surface area contributed by atoms with Crippen LogP contribution < -0.4 is 0 Å². The molecule has 0 saturated heterocycles. The molecule has 96 valence electrons. The quantitative estimate of drug-likeness (QED) is 0.763. The first-order chi connectivity index (χ1) is 8.58. The lowest BCUT2D eigenvalue weighted by atomic mass is 10.1. The third kappa shape index (κ3) is 1.68. The molecule has 0 bridgehead atoms. The van der Waals surface area contributed by atoms with Crippen LogP contribution in [0.5, 0.6) is 0 Å². The topological polar surface area (TPSA) is 20.7 Å². The van der Waals surface area contributed by atoms with E-state index in [0.717, 1.165) is 19.3 Å². The molecule has 1 aromatic carbocycles. The first-order valence-electron chi connectivity index (χ1n) is 6.17. The van der Waals surface area contributed by atoms with Crippen molar-refractivity contribution in [3.05, 3.63) is 28.5 Å². The van der Waals surface area contributed by atoms with Crippen LogP contribution in [0.1, 0.15) is 32.2 Å². The number of fused-ring (bicyclic) bond motifs is 1. The van der Waals surface area contributed by atoms with Crippen molar-refractivity contribution in [3.63, 3.8) is 0 Å². The molecule has 0 spiro atoms. The van der Waals surface area contributed by atoms with E-state index in [9.17, 15) is 8.78 Å². The predicted molar refractivity (Wildman–Crippen MR) is 69.1 cm³/mol. The molecule has 3 rings (SSSR count). The van der Waals surface area contributed by atoms with Gasteiger partial charge in [-0.2, -0.15) is 0 Å². The van der Waals surface area contributed by atoms with E-state index in [1.165, 1.54) is 12.1 Å². The van der Waals surface area contributed by atoms with E-state index in [1.807, 2.05) is 4.57 Å². The second kappa shape index (κ2) is 4.16. The van der Waals surface area contributed by atoms with Gasteiger partial charge in [0.1, 0.15) is 0 Å². The summed E-state index contributed by atoms with van der Waals surface area (Å²) in [6.45, 7) is 2.18. The number of hydrogen-bond acceptors (Lipinski definition) is 1. The number of rotatable bonds is 1. The smallest absolute Gasteiger partial charge is 0.178 e. The number of benzene rings is 1. The van der Waals surface area contributed by atoms with Gasteiger partial charge in [0.25, 0.3) is 0 Å². The van der Waals surface area contributed by atoms with Gasteiger partial charge in [-0.1, -0.05) is 13.3 Å². The van der Waals surface area contributed by atoms with Crippen molar-refractivity contribution in [3.8, 4) is 0 Å². The molecule has 0 radical (unpaired) electrons. The number of aromatic nitrogens is 2. The Morgan fingerprint density at radius 3 is 2.67 bits per heavy atom. The number of nitrogens with one attached hydrogen (secondary N) is 1. The highest BCUT2D eigenvalue weighted by molar-refractivity contribution is 7.71. The fourth-order valence-electron chi connectivity index (χ4n) is 2.96. The largest absolute Gasteiger partial charge is 0.330 e. The first-order valence-corrected chi connectivity index (χ1v) is 6.58. The molecule has 2 aromatic rings. The number of imidazole rings is 1. The lowest BCUT2D eigenvalue weighted by Gasteiger charge is -2.18. The Morgan fingerprint density at radius 2 is 2.00 bits per heavy atom. The third-order valence-corrected chi connectivity index (χ3v) is 4.21. The number of H-pyrrole nitrogens is 1. The van der Waals surface area contributed by atoms with Crippen LogP contribution in [0.4, 0.5) is 8.78 Å². The average Bonchev–Trinajstić information content (AvgIpc) is 2.83. The van der Waals surface area contributed by atoms with Crippen LogP contribution in [0.3, 0.4) is 0 Å². The lowest BCUT2D eigenvalue weighted by Crippen LogP contribution is -2.11. The Kier molecular flexibility index (Phi) is 2.73. The summed E-state index contributed by atoms with van der Waals surface area (Å²) in [5, 5.41) is 0. The van der Waals surface area contributed by atoms with E-state index in [-0.39, 0.29) is 6.04 Å². The summed E-state index contributed by atoms with van der Waals surface area (Å²) in [7, 11) is 0. The molecule has 1 aliphatic carbocycles. The Balaban J connectivity index is 2.25. The van der Waals surface area contributed by atoms with Gasteiger partial charge in [-0.3, -0.25) is 0 Å². The normalized spacial score (nSPS) is 23.9. The van der Waals surface area contributed by atoms with Crippen LogP contribution in [-0.4, -0.2) is 9.55 Å². The van der Waals surface area contributed by atoms with Gasteiger partial charge < -0.3 is 9.55 Å². The molecule has 1 aliphatic rings. The zero-order chi connectivity index (χ0) is 12.9. The van der Waals surface area contributed by atoms with Crippen molar-refractivity contribution in [2.75, 3.05) is 0 Å². The molecule has 0 aliphatic heterocycles. The summed E-state index contributed by atoms with van der Waals surface area (Å²) in [5.41, 5.74) is 1.23. The van der Waals surface area contributed by atoms with E-state index >= 15 is 0 Å². The summed E-state index contributed by atoms with van der Waals surface area (Å²) in [5.74, 6) is -1.15. The van der Waals surface area contributed by atoms with Crippen molar-refractivity contribution in [2.24, 2.45) is 5.92 Å². The van der Waals surface area contributed by atoms with E-state index in [1.54, 1.807) is 0 Å². The molecule has 1 aromatic heterocycles. The standard InChI is InChI=1S/C13H14F2N2S/c1-7-3-2-4-11(7)17-12-6-9(15)8(14)5-10(12)16-13(17)18/h5-7,11H,2-4H2,1H3,(H,16,18). The molecule has 18 heavy (non-hydrogen) atoms. The molecule has 2 atom stereocenters. The maximum atomic E-state index is 13.4. The fourth-order valence-corrected chi connectivity index (χ4v) is 3.30. The Bertz CT molecular complexity index is 659. The van der Waals surface area contributed by atoms with Crippen molar-refractivity contribution >= 4 is 23.3 Å². The summed E-state index contributed by atoms with van der Waals surface area (Å²) < 4.78 is 29.1. The average molecular weight is 268 g/mol. The molecule has 1 heterocycles. The van der Waals surface area contributed by atoms with E-state index in [0.29, 0.717) is 21.7 Å². The first kappa shape index (κ1) is 11.8. The van der Waals surface area contributed by atoms with E-state index < -0.39 is 11.6 Å². The van der Waals surface area contributed by atoms with Crippen molar-refractivity contribution in [1.82, 2.24) is 9.55 Å². The molecular weight excluding hydrogens is 254 g/mol. The predicted octanol–water partition coefficient (Wildman–Crippen LogP) is 4.34. The summed E-state index contributed by atoms with van der Waals surface area (Å²) in [4.78, 5) is 2.96. The van der Waals surface area contributed by atoms with Crippen molar-refractivity contribution in [1.29, 1.82) is 0 Å². The number of aromatic amines is 1. The molecule has 2 unspecified atom stereocenters. The van der Waals surface area contributed by atoms with Gasteiger partial charge in [-0.15, -0.1) is 0 Å². The molecule has 1 N–H and O–H groups in total. The van der Waals surface area contributed by atoms with E-state index in [2.05, 4.69) is 11.9 Å². The molecule has 1 saturated carbocycles. The maximum Gasteiger partial charge on any atom is 0.178 e. The van der Waals surface area contributed by atoms with Crippen LogP contribution >= 0.6 is 12.2 Å². The molecule has 5 heteroatoms. The van der Waals surface area contributed by atoms with Crippen LogP contribution in [0.2, 0.25) is 0 Å². The number of hydrogen-bond donors (Lipinski definition) is 1. The molecule has 0 amide bonds. The maximum absolute atomic E-state index is 13.4. The third-order valence-electron chi connectivity index (χ3n) is 3.91. The highest BCUT2D eigenvalue weighted by Gasteiger charge is 2.27. The second-order valence-electron chi connectivity index (χ2n) is 5.06. The van der Waals surface area contributed by atoms with Gasteiger partial charge in [0, 0.05) is 18.2 Å². The highest BCUT2D eigenvalue weighted by atomic mass is 32.1. The Morgan fingerprint density at radius 1 is 1.28 bits per heavy atom. The minimum Gasteiger partial charge on any atom is -0.330 e. The van der Waals surface area contributed by atoms with Gasteiger partial charge in [0.15, 0.2) is 16.4 Å². The summed E-state index contributed by atoms with van der Waals surface area (Å²) in [6.07, 6.45) is 3.36. The van der Waals surface area contributed by atoms with Crippen LogP contribution in [0.15, 0.2) is 12.1 Å². The van der Waals surface area contributed by atoms with Gasteiger partial charge in [-0.05, 0) is 31.0 Å². The van der Waals surface area contributed by atoms with Crippen molar-refractivity contribution in [2.45, 2.75) is 32.2 Å². The Labute approximate surface area is 109 Å². The van der Waals surface area contributed by atoms with E-state index in [4.69, 9.17) is 12.2 Å². The minimum absolute atomic E-state index is 0.288. The van der Waals surface area contributed by atoms with Crippen LogP contribution in [0.25, 0.3) is 11.0 Å². The summed E-state index contributed by atoms with van der Waals surface area (Å²) in [6, 6.07) is 2.70.